The van der Waals surface area contributed by atoms with E-state index in [0.717, 1.165) is 22.1 Å². The molecule has 0 amide bonds. The molecule has 0 saturated carbocycles. The van der Waals surface area contributed by atoms with Gasteiger partial charge in [-0.1, -0.05) is 42.0 Å². The molecule has 0 spiro atoms. The zero-order valence-electron chi connectivity index (χ0n) is 9.94. The van der Waals surface area contributed by atoms with Gasteiger partial charge < -0.3 is 9.72 Å². The van der Waals surface area contributed by atoms with Crippen molar-refractivity contribution in [1.82, 2.24) is 9.97 Å². The fraction of sp³-hybridized carbons (Fsp3) is 0.231. The SMILES string of the molecule is COCc1cc(=S)nc(Cc2ccccc2Cl)[nH]1. The van der Waals surface area contributed by atoms with E-state index in [4.69, 9.17) is 28.6 Å². The minimum atomic E-state index is 0.488. The van der Waals surface area contributed by atoms with Gasteiger partial charge in [-0.3, -0.25) is 0 Å². The number of nitrogens with zero attached hydrogens (tertiary/aromatic N) is 1. The Hall–Kier alpha value is -1.23. The first-order valence-corrected chi connectivity index (χ1v) is 6.29. The standard InChI is InChI=1S/C13H13ClN2OS/c1-17-8-10-7-13(18)16-12(15-10)6-9-4-2-3-5-11(9)14/h2-5,7H,6,8H2,1H3,(H,15,16,18). The van der Waals surface area contributed by atoms with Crippen molar-refractivity contribution in [1.29, 1.82) is 0 Å². The van der Waals surface area contributed by atoms with Crippen LogP contribution >= 0.6 is 23.8 Å². The molecule has 2 rings (SSSR count). The molecule has 0 saturated heterocycles. The molecule has 5 heteroatoms. The lowest BCUT2D eigenvalue weighted by Gasteiger charge is -2.06. The maximum Gasteiger partial charge on any atom is 0.130 e. The molecule has 18 heavy (non-hydrogen) atoms. The molecule has 0 bridgehead atoms. The van der Waals surface area contributed by atoms with Crippen LogP contribution in [0.15, 0.2) is 30.3 Å². The van der Waals surface area contributed by atoms with Crippen LogP contribution < -0.4 is 0 Å². The van der Waals surface area contributed by atoms with Crippen LogP contribution in [0.2, 0.25) is 5.02 Å². The third-order valence-corrected chi connectivity index (χ3v) is 3.04. The number of aromatic nitrogens is 2. The highest BCUT2D eigenvalue weighted by Crippen LogP contribution is 2.17. The van der Waals surface area contributed by atoms with Crippen LogP contribution in [0.4, 0.5) is 0 Å². The molecule has 0 radical (unpaired) electrons. The quantitative estimate of drug-likeness (QED) is 0.871. The lowest BCUT2D eigenvalue weighted by atomic mass is 10.1. The van der Waals surface area contributed by atoms with Crippen LogP contribution in [0, 0.1) is 4.64 Å². The second kappa shape index (κ2) is 6.09. The Bertz CT molecular complexity index is 598. The van der Waals surface area contributed by atoms with Crippen LogP contribution in [0.1, 0.15) is 17.1 Å². The summed E-state index contributed by atoms with van der Waals surface area (Å²) in [6.45, 7) is 0.488. The minimum absolute atomic E-state index is 0.488. The van der Waals surface area contributed by atoms with Gasteiger partial charge in [-0.25, -0.2) is 4.98 Å². The summed E-state index contributed by atoms with van der Waals surface area (Å²) < 4.78 is 5.64. The van der Waals surface area contributed by atoms with Crippen molar-refractivity contribution in [3.05, 3.63) is 57.1 Å². The van der Waals surface area contributed by atoms with E-state index in [1.165, 1.54) is 0 Å². The Kier molecular flexibility index (Phi) is 4.47. The summed E-state index contributed by atoms with van der Waals surface area (Å²) in [5, 5.41) is 0.732. The summed E-state index contributed by atoms with van der Waals surface area (Å²) >= 11 is 11.3. The zero-order valence-corrected chi connectivity index (χ0v) is 11.5. The van der Waals surface area contributed by atoms with Crippen LogP contribution in [0.3, 0.4) is 0 Å². The van der Waals surface area contributed by atoms with E-state index >= 15 is 0 Å². The van der Waals surface area contributed by atoms with Gasteiger partial charge in [-0.15, -0.1) is 0 Å². The van der Waals surface area contributed by atoms with Crippen molar-refractivity contribution in [3.63, 3.8) is 0 Å². The van der Waals surface area contributed by atoms with Gasteiger partial charge in [0.05, 0.1) is 6.61 Å². The summed E-state index contributed by atoms with van der Waals surface area (Å²) in [6.07, 6.45) is 0.626. The van der Waals surface area contributed by atoms with Crippen molar-refractivity contribution in [2.75, 3.05) is 7.11 Å². The fourth-order valence-electron chi connectivity index (χ4n) is 1.70. The van der Waals surface area contributed by atoms with Crippen molar-refractivity contribution < 1.29 is 4.74 Å². The molecule has 3 nitrogen and oxygen atoms in total. The molecule has 0 aliphatic rings. The number of hydrogen-bond acceptors (Lipinski definition) is 3. The van der Waals surface area contributed by atoms with E-state index in [0.29, 0.717) is 17.7 Å². The highest BCUT2D eigenvalue weighted by Gasteiger charge is 2.04. The summed E-state index contributed by atoms with van der Waals surface area (Å²) in [7, 11) is 1.64. The smallest absolute Gasteiger partial charge is 0.130 e. The molecule has 0 fully saturated rings. The second-order valence-corrected chi connectivity index (χ2v) is 4.72. The summed E-state index contributed by atoms with van der Waals surface area (Å²) in [4.78, 5) is 7.50. The average molecular weight is 281 g/mol. The van der Waals surface area contributed by atoms with Crippen LogP contribution in [0.5, 0.6) is 0 Å². The Labute approximate surface area is 116 Å². The van der Waals surface area contributed by atoms with E-state index in [1.54, 1.807) is 13.2 Å². The maximum atomic E-state index is 6.12. The van der Waals surface area contributed by atoms with Gasteiger partial charge in [0, 0.05) is 24.2 Å². The molecular formula is C13H13ClN2OS. The first-order chi connectivity index (χ1) is 8.69. The van der Waals surface area contributed by atoms with Gasteiger partial charge in [0.2, 0.25) is 0 Å². The Morgan fingerprint density at radius 1 is 1.39 bits per heavy atom. The first kappa shape index (κ1) is 13.2. The number of ether oxygens (including phenoxy) is 1. The average Bonchev–Trinajstić information content (AvgIpc) is 2.32. The Balaban J connectivity index is 2.29. The van der Waals surface area contributed by atoms with Crippen molar-refractivity contribution >= 4 is 23.8 Å². The third kappa shape index (κ3) is 3.38. The molecule has 1 aromatic carbocycles. The number of benzene rings is 1. The zero-order chi connectivity index (χ0) is 13.0. The fourth-order valence-corrected chi connectivity index (χ4v) is 2.16. The van der Waals surface area contributed by atoms with E-state index in [1.807, 2.05) is 24.3 Å². The van der Waals surface area contributed by atoms with Gasteiger partial charge in [0.25, 0.3) is 0 Å². The van der Waals surface area contributed by atoms with Gasteiger partial charge in [0.1, 0.15) is 10.5 Å². The molecule has 0 unspecified atom stereocenters. The topological polar surface area (TPSA) is 37.9 Å². The number of hydrogen-bond donors (Lipinski definition) is 1. The van der Waals surface area contributed by atoms with Crippen LogP contribution in [-0.4, -0.2) is 17.1 Å². The number of H-pyrrole nitrogens is 1. The van der Waals surface area contributed by atoms with Crippen molar-refractivity contribution in [2.45, 2.75) is 13.0 Å². The molecule has 94 valence electrons. The number of nitrogens with one attached hydrogen (secondary N) is 1. The Morgan fingerprint density at radius 3 is 2.89 bits per heavy atom. The van der Waals surface area contributed by atoms with E-state index in [2.05, 4.69) is 9.97 Å². The number of aromatic amines is 1. The number of halogens is 1. The van der Waals surface area contributed by atoms with Crippen molar-refractivity contribution in [3.8, 4) is 0 Å². The maximum absolute atomic E-state index is 6.12. The largest absolute Gasteiger partial charge is 0.378 e. The lowest BCUT2D eigenvalue weighted by molar-refractivity contribution is 0.181. The molecule has 1 heterocycles. The highest BCUT2D eigenvalue weighted by atomic mass is 35.5. The van der Waals surface area contributed by atoms with Crippen LogP contribution in [0.25, 0.3) is 0 Å². The van der Waals surface area contributed by atoms with Crippen molar-refractivity contribution in [2.24, 2.45) is 0 Å². The summed E-state index contributed by atoms with van der Waals surface area (Å²) in [5.41, 5.74) is 1.94. The van der Waals surface area contributed by atoms with Gasteiger partial charge in [0.15, 0.2) is 0 Å². The van der Waals surface area contributed by atoms with E-state index < -0.39 is 0 Å². The second-order valence-electron chi connectivity index (χ2n) is 3.89. The van der Waals surface area contributed by atoms with Gasteiger partial charge in [-0.2, -0.15) is 0 Å². The number of methoxy groups -OCH3 is 1. The van der Waals surface area contributed by atoms with Gasteiger partial charge in [-0.05, 0) is 17.7 Å². The highest BCUT2D eigenvalue weighted by molar-refractivity contribution is 7.71. The monoisotopic (exact) mass is 280 g/mol. The van der Waals surface area contributed by atoms with E-state index in [-0.39, 0.29) is 0 Å². The predicted octanol–water partition coefficient (Wildman–Crippen LogP) is 3.53. The third-order valence-electron chi connectivity index (χ3n) is 2.46. The normalized spacial score (nSPS) is 10.6. The van der Waals surface area contributed by atoms with Crippen LogP contribution in [-0.2, 0) is 17.8 Å². The molecular weight excluding hydrogens is 268 g/mol. The molecule has 1 N–H and O–H groups in total. The predicted molar refractivity (Wildman–Crippen MR) is 74.4 cm³/mol. The molecule has 0 atom stereocenters. The molecule has 0 aliphatic heterocycles. The first-order valence-electron chi connectivity index (χ1n) is 5.50. The minimum Gasteiger partial charge on any atom is -0.378 e. The lowest BCUT2D eigenvalue weighted by Crippen LogP contribution is -2.02. The van der Waals surface area contributed by atoms with E-state index in [9.17, 15) is 0 Å². The summed E-state index contributed by atoms with van der Waals surface area (Å²) in [6, 6.07) is 9.50. The molecule has 2 aromatic rings. The summed E-state index contributed by atoms with van der Waals surface area (Å²) in [5.74, 6) is 0.794. The Morgan fingerprint density at radius 2 is 2.17 bits per heavy atom. The number of rotatable bonds is 4. The molecule has 1 aromatic heterocycles. The molecule has 0 aliphatic carbocycles. The van der Waals surface area contributed by atoms with Gasteiger partial charge >= 0.3 is 0 Å².